The van der Waals surface area contributed by atoms with Crippen LogP contribution in [0.1, 0.15) is 24.1 Å². The fraction of sp³-hybridized carbons (Fsp3) is 0.278. The zero-order valence-electron chi connectivity index (χ0n) is 13.2. The Bertz CT molecular complexity index is 643. The molecular weight excluding hydrogens is 376 g/mol. The number of carbonyl (C=O) groups excluding carboxylic acids is 1. The second kappa shape index (κ2) is 8.48. The van der Waals surface area contributed by atoms with E-state index in [4.69, 9.17) is 11.6 Å². The van der Waals surface area contributed by atoms with Crippen molar-refractivity contribution in [3.05, 3.63) is 69.2 Å². The summed E-state index contributed by atoms with van der Waals surface area (Å²) < 4.78 is 1.05. The molecule has 5 heteroatoms. The molecule has 2 aromatic rings. The van der Waals surface area contributed by atoms with Crippen LogP contribution in [0.3, 0.4) is 0 Å². The Kier molecular flexibility index (Phi) is 6.63. The van der Waals surface area contributed by atoms with Crippen LogP contribution >= 0.6 is 27.5 Å². The van der Waals surface area contributed by atoms with Crippen molar-refractivity contribution in [2.45, 2.75) is 19.5 Å². The van der Waals surface area contributed by atoms with Gasteiger partial charge in [-0.3, -0.25) is 9.69 Å². The van der Waals surface area contributed by atoms with Crippen LogP contribution in [0.5, 0.6) is 0 Å². The van der Waals surface area contributed by atoms with Gasteiger partial charge in [0.05, 0.1) is 12.6 Å². The van der Waals surface area contributed by atoms with Gasteiger partial charge < -0.3 is 5.32 Å². The second-order valence-corrected chi connectivity index (χ2v) is 6.99. The first-order valence-electron chi connectivity index (χ1n) is 7.42. The molecule has 2 rings (SSSR count). The molecule has 0 fully saturated rings. The molecule has 1 unspecified atom stereocenters. The molecule has 1 amide bonds. The van der Waals surface area contributed by atoms with Gasteiger partial charge in [0.2, 0.25) is 5.91 Å². The zero-order valence-corrected chi connectivity index (χ0v) is 15.6. The highest BCUT2D eigenvalue weighted by molar-refractivity contribution is 9.10. The molecule has 2 aromatic carbocycles. The number of halogens is 2. The third kappa shape index (κ3) is 5.98. The lowest BCUT2D eigenvalue weighted by molar-refractivity contribution is -0.122. The lowest BCUT2D eigenvalue weighted by atomic mass is 10.1. The molecule has 1 N–H and O–H groups in total. The molecule has 0 heterocycles. The number of hydrogen-bond acceptors (Lipinski definition) is 2. The van der Waals surface area contributed by atoms with E-state index in [9.17, 15) is 4.79 Å². The SMILES string of the molecule is CC(NC(=O)CN(C)Cc1ccc(Br)cc1)c1ccc(Cl)cc1. The third-order valence-electron chi connectivity index (χ3n) is 3.53. The van der Waals surface area contributed by atoms with Gasteiger partial charge >= 0.3 is 0 Å². The van der Waals surface area contributed by atoms with Gasteiger partial charge in [-0.25, -0.2) is 0 Å². The van der Waals surface area contributed by atoms with E-state index >= 15 is 0 Å². The highest BCUT2D eigenvalue weighted by Crippen LogP contribution is 2.16. The molecule has 0 spiro atoms. The van der Waals surface area contributed by atoms with Gasteiger partial charge in [-0.15, -0.1) is 0 Å². The van der Waals surface area contributed by atoms with Crippen molar-refractivity contribution >= 4 is 33.4 Å². The van der Waals surface area contributed by atoms with Crippen molar-refractivity contribution < 1.29 is 4.79 Å². The summed E-state index contributed by atoms with van der Waals surface area (Å²) in [5.74, 6) is 0.00654. The van der Waals surface area contributed by atoms with Crippen molar-refractivity contribution in [3.8, 4) is 0 Å². The number of rotatable bonds is 6. The first kappa shape index (κ1) is 18.0. The molecule has 23 heavy (non-hydrogen) atoms. The predicted molar refractivity (Wildman–Crippen MR) is 98.5 cm³/mol. The minimum atomic E-state index is -0.0409. The molecule has 122 valence electrons. The maximum atomic E-state index is 12.2. The van der Waals surface area contributed by atoms with Crippen molar-refractivity contribution in [1.29, 1.82) is 0 Å². The molecular formula is C18H20BrClN2O. The minimum Gasteiger partial charge on any atom is -0.348 e. The van der Waals surface area contributed by atoms with Crippen LogP contribution in [0.25, 0.3) is 0 Å². The quantitative estimate of drug-likeness (QED) is 0.785. The number of nitrogens with zero attached hydrogens (tertiary/aromatic N) is 1. The Hall–Kier alpha value is -1.36. The van der Waals surface area contributed by atoms with Crippen molar-refractivity contribution in [2.24, 2.45) is 0 Å². The summed E-state index contributed by atoms with van der Waals surface area (Å²) in [6.45, 7) is 3.06. The standard InChI is InChI=1S/C18H20BrClN2O/c1-13(15-5-9-17(20)10-6-15)21-18(23)12-22(2)11-14-3-7-16(19)8-4-14/h3-10,13H,11-12H2,1-2H3,(H,21,23). The largest absolute Gasteiger partial charge is 0.348 e. The number of carbonyl (C=O) groups is 1. The summed E-state index contributed by atoms with van der Waals surface area (Å²) >= 11 is 9.30. The lowest BCUT2D eigenvalue weighted by Gasteiger charge is -2.19. The molecule has 1 atom stereocenters. The van der Waals surface area contributed by atoms with E-state index < -0.39 is 0 Å². The molecule has 0 saturated heterocycles. The fourth-order valence-electron chi connectivity index (χ4n) is 2.32. The summed E-state index contributed by atoms with van der Waals surface area (Å²) in [6, 6.07) is 15.6. The Morgan fingerprint density at radius 3 is 2.39 bits per heavy atom. The number of hydrogen-bond donors (Lipinski definition) is 1. The number of nitrogens with one attached hydrogen (secondary N) is 1. The monoisotopic (exact) mass is 394 g/mol. The highest BCUT2D eigenvalue weighted by Gasteiger charge is 2.12. The third-order valence-corrected chi connectivity index (χ3v) is 4.31. The van der Waals surface area contributed by atoms with Gasteiger partial charge in [-0.2, -0.15) is 0 Å². The first-order valence-corrected chi connectivity index (χ1v) is 8.59. The maximum absolute atomic E-state index is 12.2. The smallest absolute Gasteiger partial charge is 0.234 e. The van der Waals surface area contributed by atoms with Crippen LogP contribution in [0, 0.1) is 0 Å². The zero-order chi connectivity index (χ0) is 16.8. The topological polar surface area (TPSA) is 32.3 Å². The van der Waals surface area contributed by atoms with Gasteiger partial charge in [0, 0.05) is 16.0 Å². The van der Waals surface area contributed by atoms with Gasteiger partial charge in [-0.05, 0) is 49.4 Å². The number of benzene rings is 2. The van der Waals surface area contributed by atoms with Gasteiger partial charge in [0.25, 0.3) is 0 Å². The average molecular weight is 396 g/mol. The molecule has 3 nitrogen and oxygen atoms in total. The first-order chi connectivity index (χ1) is 10.9. The van der Waals surface area contributed by atoms with E-state index in [2.05, 4.69) is 33.4 Å². The molecule has 0 aliphatic heterocycles. The van der Waals surface area contributed by atoms with E-state index in [1.807, 2.05) is 55.3 Å². The van der Waals surface area contributed by atoms with E-state index in [-0.39, 0.29) is 11.9 Å². The molecule has 0 bridgehead atoms. The molecule has 0 aromatic heterocycles. The number of amides is 1. The van der Waals surface area contributed by atoms with Crippen molar-refractivity contribution in [1.82, 2.24) is 10.2 Å². The van der Waals surface area contributed by atoms with Crippen LogP contribution in [0.2, 0.25) is 5.02 Å². The maximum Gasteiger partial charge on any atom is 0.234 e. The van der Waals surface area contributed by atoms with Gasteiger partial charge in [-0.1, -0.05) is 51.8 Å². The van der Waals surface area contributed by atoms with Crippen LogP contribution < -0.4 is 5.32 Å². The van der Waals surface area contributed by atoms with Crippen LogP contribution in [-0.2, 0) is 11.3 Å². The second-order valence-electron chi connectivity index (χ2n) is 5.64. The lowest BCUT2D eigenvalue weighted by Crippen LogP contribution is -2.36. The Labute approximate surface area is 150 Å². The van der Waals surface area contributed by atoms with Crippen molar-refractivity contribution in [3.63, 3.8) is 0 Å². The van der Waals surface area contributed by atoms with Gasteiger partial charge in [0.15, 0.2) is 0 Å². The highest BCUT2D eigenvalue weighted by atomic mass is 79.9. The molecule has 0 aliphatic rings. The van der Waals surface area contributed by atoms with E-state index in [1.165, 1.54) is 5.56 Å². The normalized spacial score (nSPS) is 12.2. The van der Waals surface area contributed by atoms with Crippen LogP contribution in [-0.4, -0.2) is 24.4 Å². The van der Waals surface area contributed by atoms with Gasteiger partial charge in [0.1, 0.15) is 0 Å². The van der Waals surface area contributed by atoms with E-state index in [0.29, 0.717) is 11.6 Å². The molecule has 0 radical (unpaired) electrons. The summed E-state index contributed by atoms with van der Waals surface area (Å²) in [5.41, 5.74) is 2.22. The van der Waals surface area contributed by atoms with Crippen molar-refractivity contribution in [2.75, 3.05) is 13.6 Å². The summed E-state index contributed by atoms with van der Waals surface area (Å²) in [7, 11) is 1.94. The Balaban J connectivity index is 1.83. The van der Waals surface area contributed by atoms with Crippen LogP contribution in [0.4, 0.5) is 0 Å². The predicted octanol–water partition coefficient (Wildman–Crippen LogP) is 4.41. The van der Waals surface area contributed by atoms with E-state index in [1.54, 1.807) is 0 Å². The molecule has 0 saturated carbocycles. The summed E-state index contributed by atoms with van der Waals surface area (Å²) in [5, 5.41) is 3.71. The minimum absolute atomic E-state index is 0.00654. The average Bonchev–Trinajstić information content (AvgIpc) is 2.50. The summed E-state index contributed by atoms with van der Waals surface area (Å²) in [4.78, 5) is 14.2. The fourth-order valence-corrected chi connectivity index (χ4v) is 2.71. The Morgan fingerprint density at radius 2 is 1.78 bits per heavy atom. The molecule has 0 aliphatic carbocycles. The number of likely N-dealkylation sites (N-methyl/N-ethyl adjacent to an activating group) is 1. The van der Waals surface area contributed by atoms with Crippen LogP contribution in [0.15, 0.2) is 53.0 Å². The summed E-state index contributed by atoms with van der Waals surface area (Å²) in [6.07, 6.45) is 0. The Morgan fingerprint density at radius 1 is 1.17 bits per heavy atom. The van der Waals surface area contributed by atoms with E-state index in [0.717, 1.165) is 16.6 Å².